The molecule has 0 unspecified atom stereocenters. The van der Waals surface area contributed by atoms with Crippen LogP contribution in [-0.2, 0) is 20.1 Å². The van der Waals surface area contributed by atoms with E-state index >= 15 is 0 Å². The van der Waals surface area contributed by atoms with E-state index in [1.807, 2.05) is 31.5 Å². The summed E-state index contributed by atoms with van der Waals surface area (Å²) in [5.41, 5.74) is 1.17. The van der Waals surface area contributed by atoms with Crippen LogP contribution in [0, 0.1) is 12.8 Å². The molecule has 0 bridgehead atoms. The number of fused-ring (bicyclic) bond motifs is 3. The van der Waals surface area contributed by atoms with Gasteiger partial charge in [-0.1, -0.05) is 13.8 Å². The molecule has 0 amide bonds. The highest BCUT2D eigenvalue weighted by molar-refractivity contribution is 6.17. The molecule has 0 saturated carbocycles. The van der Waals surface area contributed by atoms with Gasteiger partial charge in [0, 0.05) is 37.9 Å². The fourth-order valence-corrected chi connectivity index (χ4v) is 3.11. The topological polar surface area (TPSA) is 66.2 Å². The zero-order valence-electron chi connectivity index (χ0n) is 13.7. The number of aromatic nitrogens is 5. The van der Waals surface area contributed by atoms with E-state index in [-0.39, 0.29) is 17.2 Å². The van der Waals surface area contributed by atoms with Crippen molar-refractivity contribution in [1.29, 1.82) is 0 Å². The molecule has 0 spiro atoms. The number of hydrogen-bond donors (Lipinski definition) is 0. The summed E-state index contributed by atoms with van der Waals surface area (Å²) in [4.78, 5) is 29.8. The number of aryl methyl sites for hydroxylation is 3. The number of nitrogens with zero attached hydrogens (tertiary/aromatic N) is 5. The molecular formula is C15H20ClN5O2. The van der Waals surface area contributed by atoms with Crippen molar-refractivity contribution in [2.75, 3.05) is 5.88 Å². The van der Waals surface area contributed by atoms with E-state index in [1.54, 1.807) is 11.4 Å². The number of imidazole rings is 2. The van der Waals surface area contributed by atoms with Gasteiger partial charge in [-0.25, -0.2) is 4.79 Å². The van der Waals surface area contributed by atoms with Crippen molar-refractivity contribution >= 4 is 28.5 Å². The van der Waals surface area contributed by atoms with Crippen molar-refractivity contribution in [3.63, 3.8) is 0 Å². The molecule has 0 N–H and O–H groups in total. The Balaban J connectivity index is 2.45. The Labute approximate surface area is 137 Å². The van der Waals surface area contributed by atoms with Crippen LogP contribution in [-0.4, -0.2) is 29.0 Å². The molecule has 3 rings (SSSR count). The first-order chi connectivity index (χ1) is 10.9. The third-order valence-electron chi connectivity index (χ3n) is 4.00. The second-order valence-electron chi connectivity index (χ2n) is 6.22. The highest BCUT2D eigenvalue weighted by atomic mass is 35.5. The van der Waals surface area contributed by atoms with Gasteiger partial charge in [0.15, 0.2) is 11.2 Å². The molecule has 23 heavy (non-hydrogen) atoms. The molecule has 0 saturated heterocycles. The Morgan fingerprint density at radius 1 is 1.26 bits per heavy atom. The minimum Gasteiger partial charge on any atom is -0.313 e. The molecule has 3 aromatic heterocycles. The molecule has 7 nitrogen and oxygen atoms in total. The first-order valence-corrected chi connectivity index (χ1v) is 8.14. The fourth-order valence-electron chi connectivity index (χ4n) is 2.94. The minimum absolute atomic E-state index is 0.198. The molecule has 124 valence electrons. The Hall–Kier alpha value is -2.02. The largest absolute Gasteiger partial charge is 0.332 e. The first kappa shape index (κ1) is 15.9. The van der Waals surface area contributed by atoms with E-state index in [9.17, 15) is 9.59 Å². The van der Waals surface area contributed by atoms with Crippen molar-refractivity contribution in [3.05, 3.63) is 32.7 Å². The van der Waals surface area contributed by atoms with E-state index in [0.29, 0.717) is 35.9 Å². The predicted molar refractivity (Wildman–Crippen MR) is 90.5 cm³/mol. The fraction of sp³-hybridized carbons (Fsp3) is 0.533. The standard InChI is InChI=1S/C15H20ClN5O2/c1-9(2)7-21-13(22)11-12(18(4)15(21)23)17-14-19(6-5-16)10(3)8-20(11)14/h8-9H,5-7H2,1-4H3. The first-order valence-electron chi connectivity index (χ1n) is 7.60. The van der Waals surface area contributed by atoms with Gasteiger partial charge in [0.2, 0.25) is 5.78 Å². The van der Waals surface area contributed by atoms with Gasteiger partial charge in [-0.05, 0) is 12.8 Å². The lowest BCUT2D eigenvalue weighted by molar-refractivity contribution is 0.484. The molecule has 0 fully saturated rings. The summed E-state index contributed by atoms with van der Waals surface area (Å²) in [6.07, 6.45) is 1.86. The molecule has 0 atom stereocenters. The summed E-state index contributed by atoms with van der Waals surface area (Å²) in [6.45, 7) is 6.88. The Morgan fingerprint density at radius 2 is 1.96 bits per heavy atom. The van der Waals surface area contributed by atoms with Crippen molar-refractivity contribution in [2.24, 2.45) is 13.0 Å². The Kier molecular flexibility index (Phi) is 3.83. The quantitative estimate of drug-likeness (QED) is 0.675. The molecule has 3 aromatic rings. The van der Waals surface area contributed by atoms with Crippen LogP contribution in [0.3, 0.4) is 0 Å². The predicted octanol–water partition coefficient (Wildman–Crippen LogP) is 1.35. The molecule has 0 aliphatic carbocycles. The van der Waals surface area contributed by atoms with Gasteiger partial charge in [-0.3, -0.25) is 18.3 Å². The van der Waals surface area contributed by atoms with Crippen LogP contribution in [0.5, 0.6) is 0 Å². The van der Waals surface area contributed by atoms with Gasteiger partial charge < -0.3 is 4.57 Å². The van der Waals surface area contributed by atoms with E-state index in [1.165, 1.54) is 9.13 Å². The highest BCUT2D eigenvalue weighted by Crippen LogP contribution is 2.16. The third-order valence-corrected chi connectivity index (χ3v) is 4.17. The van der Waals surface area contributed by atoms with Gasteiger partial charge >= 0.3 is 5.69 Å². The van der Waals surface area contributed by atoms with Crippen LogP contribution >= 0.6 is 11.6 Å². The van der Waals surface area contributed by atoms with Crippen LogP contribution in [0.4, 0.5) is 0 Å². The summed E-state index contributed by atoms with van der Waals surface area (Å²) in [6, 6.07) is 0. The van der Waals surface area contributed by atoms with Crippen LogP contribution < -0.4 is 11.2 Å². The maximum atomic E-state index is 12.8. The molecule has 3 heterocycles. The number of halogens is 1. The second kappa shape index (κ2) is 5.56. The summed E-state index contributed by atoms with van der Waals surface area (Å²) in [7, 11) is 1.64. The normalized spacial score (nSPS) is 12.1. The minimum atomic E-state index is -0.336. The maximum absolute atomic E-state index is 12.8. The third kappa shape index (κ3) is 2.30. The lowest BCUT2D eigenvalue weighted by Gasteiger charge is -2.09. The summed E-state index contributed by atoms with van der Waals surface area (Å²) < 4.78 is 6.43. The molecular weight excluding hydrogens is 318 g/mol. The van der Waals surface area contributed by atoms with E-state index in [0.717, 1.165) is 5.69 Å². The number of hydrogen-bond acceptors (Lipinski definition) is 3. The van der Waals surface area contributed by atoms with Crippen molar-refractivity contribution < 1.29 is 0 Å². The maximum Gasteiger partial charge on any atom is 0.332 e. The van der Waals surface area contributed by atoms with Gasteiger partial charge in [0.05, 0.1) is 0 Å². The zero-order chi connectivity index (χ0) is 16.9. The average Bonchev–Trinajstić information content (AvgIpc) is 2.98. The molecule has 0 radical (unpaired) electrons. The zero-order valence-corrected chi connectivity index (χ0v) is 14.5. The van der Waals surface area contributed by atoms with Crippen molar-refractivity contribution in [3.8, 4) is 0 Å². The average molecular weight is 338 g/mol. The van der Waals surface area contributed by atoms with E-state index < -0.39 is 0 Å². The van der Waals surface area contributed by atoms with Crippen LogP contribution in [0.2, 0.25) is 0 Å². The van der Waals surface area contributed by atoms with Crippen LogP contribution in [0.25, 0.3) is 16.9 Å². The van der Waals surface area contributed by atoms with Crippen LogP contribution in [0.15, 0.2) is 15.8 Å². The van der Waals surface area contributed by atoms with Gasteiger partial charge in [0.1, 0.15) is 0 Å². The van der Waals surface area contributed by atoms with Crippen LogP contribution in [0.1, 0.15) is 19.5 Å². The summed E-state index contributed by atoms with van der Waals surface area (Å²) >= 11 is 5.86. The molecule has 0 aliphatic heterocycles. The van der Waals surface area contributed by atoms with Gasteiger partial charge in [-0.2, -0.15) is 4.98 Å². The lowest BCUT2D eigenvalue weighted by Crippen LogP contribution is -2.40. The smallest absolute Gasteiger partial charge is 0.313 e. The Bertz CT molecular complexity index is 1010. The summed E-state index contributed by atoms with van der Waals surface area (Å²) in [5.74, 6) is 1.28. The monoisotopic (exact) mass is 337 g/mol. The summed E-state index contributed by atoms with van der Waals surface area (Å²) in [5, 5.41) is 0. The van der Waals surface area contributed by atoms with E-state index in [2.05, 4.69) is 4.98 Å². The highest BCUT2D eigenvalue weighted by Gasteiger charge is 2.20. The van der Waals surface area contributed by atoms with Gasteiger partial charge in [0.25, 0.3) is 5.56 Å². The molecule has 0 aliphatic rings. The van der Waals surface area contributed by atoms with E-state index in [4.69, 9.17) is 11.6 Å². The molecule has 8 heteroatoms. The lowest BCUT2D eigenvalue weighted by atomic mass is 10.2. The Morgan fingerprint density at radius 3 is 2.57 bits per heavy atom. The van der Waals surface area contributed by atoms with Gasteiger partial charge in [-0.15, -0.1) is 11.6 Å². The molecule has 0 aromatic carbocycles. The van der Waals surface area contributed by atoms with Crippen molar-refractivity contribution in [2.45, 2.75) is 33.9 Å². The van der Waals surface area contributed by atoms with Crippen molar-refractivity contribution in [1.82, 2.24) is 23.1 Å². The second-order valence-corrected chi connectivity index (χ2v) is 6.59. The SMILES string of the molecule is Cc1cn2c3c(=O)n(CC(C)C)c(=O)n(C)c3nc2n1CCCl. The number of alkyl halides is 1. The number of rotatable bonds is 4.